The van der Waals surface area contributed by atoms with Crippen LogP contribution in [-0.2, 0) is 9.53 Å². The Hall–Kier alpha value is -2.28. The normalized spacial score (nSPS) is 14.5. The first-order valence-electron chi connectivity index (χ1n) is 7.74. The van der Waals surface area contributed by atoms with Gasteiger partial charge in [0.1, 0.15) is 0 Å². The van der Waals surface area contributed by atoms with Crippen LogP contribution in [0.5, 0.6) is 0 Å². The molecule has 126 valence electrons. The number of methoxy groups -OCH3 is 1. The molecule has 0 unspecified atom stereocenters. The molecule has 0 atom stereocenters. The highest BCUT2D eigenvalue weighted by molar-refractivity contribution is 5.89. The Morgan fingerprint density at radius 2 is 1.78 bits per heavy atom. The van der Waals surface area contributed by atoms with Crippen LogP contribution in [0.1, 0.15) is 6.92 Å². The molecule has 2 N–H and O–H groups in total. The SMILES string of the molecule is COCCNC(=O)Nc1ccc(N2CCN(C(C)=O)CC2)cc1. The topological polar surface area (TPSA) is 73.9 Å². The monoisotopic (exact) mass is 320 g/mol. The predicted molar refractivity (Wildman–Crippen MR) is 89.8 cm³/mol. The van der Waals surface area contributed by atoms with Crippen molar-refractivity contribution in [2.24, 2.45) is 0 Å². The smallest absolute Gasteiger partial charge is 0.319 e. The van der Waals surface area contributed by atoms with Gasteiger partial charge in [0.15, 0.2) is 0 Å². The van der Waals surface area contributed by atoms with Crippen molar-refractivity contribution in [1.29, 1.82) is 0 Å². The van der Waals surface area contributed by atoms with Gasteiger partial charge in [-0.15, -0.1) is 0 Å². The third kappa shape index (κ3) is 5.14. The fourth-order valence-corrected chi connectivity index (χ4v) is 2.48. The van der Waals surface area contributed by atoms with Crippen LogP contribution in [0.4, 0.5) is 16.2 Å². The second kappa shape index (κ2) is 8.38. The second-order valence-corrected chi connectivity index (χ2v) is 5.41. The number of ether oxygens (including phenoxy) is 1. The minimum Gasteiger partial charge on any atom is -0.383 e. The van der Waals surface area contributed by atoms with E-state index in [1.54, 1.807) is 14.0 Å². The highest BCUT2D eigenvalue weighted by Crippen LogP contribution is 2.19. The summed E-state index contributed by atoms with van der Waals surface area (Å²) in [6, 6.07) is 7.47. The van der Waals surface area contributed by atoms with Crippen molar-refractivity contribution in [3.05, 3.63) is 24.3 Å². The summed E-state index contributed by atoms with van der Waals surface area (Å²) in [5.74, 6) is 0.128. The van der Waals surface area contributed by atoms with Gasteiger partial charge in [-0.25, -0.2) is 4.79 Å². The molecule has 1 aliphatic rings. The van der Waals surface area contributed by atoms with Crippen molar-refractivity contribution < 1.29 is 14.3 Å². The zero-order valence-corrected chi connectivity index (χ0v) is 13.7. The van der Waals surface area contributed by atoms with Crippen LogP contribution in [0.2, 0.25) is 0 Å². The van der Waals surface area contributed by atoms with E-state index in [0.717, 1.165) is 37.6 Å². The number of benzene rings is 1. The van der Waals surface area contributed by atoms with Gasteiger partial charge in [0.2, 0.25) is 5.91 Å². The van der Waals surface area contributed by atoms with E-state index >= 15 is 0 Å². The van der Waals surface area contributed by atoms with Crippen molar-refractivity contribution in [1.82, 2.24) is 10.2 Å². The van der Waals surface area contributed by atoms with Crippen LogP contribution >= 0.6 is 0 Å². The third-order valence-corrected chi connectivity index (χ3v) is 3.81. The van der Waals surface area contributed by atoms with Crippen LogP contribution < -0.4 is 15.5 Å². The van der Waals surface area contributed by atoms with Crippen LogP contribution in [-0.4, -0.2) is 63.3 Å². The summed E-state index contributed by atoms with van der Waals surface area (Å²) in [4.78, 5) is 27.1. The lowest BCUT2D eigenvalue weighted by Gasteiger charge is -2.35. The van der Waals surface area contributed by atoms with Gasteiger partial charge in [-0.1, -0.05) is 0 Å². The van der Waals surface area contributed by atoms with Crippen molar-refractivity contribution >= 4 is 23.3 Å². The Morgan fingerprint density at radius 1 is 1.13 bits per heavy atom. The van der Waals surface area contributed by atoms with E-state index in [9.17, 15) is 9.59 Å². The van der Waals surface area contributed by atoms with Gasteiger partial charge in [0.25, 0.3) is 0 Å². The zero-order chi connectivity index (χ0) is 16.7. The maximum Gasteiger partial charge on any atom is 0.319 e. The summed E-state index contributed by atoms with van der Waals surface area (Å²) in [6.07, 6.45) is 0. The first-order chi connectivity index (χ1) is 11.1. The molecule has 23 heavy (non-hydrogen) atoms. The van der Waals surface area contributed by atoms with Crippen LogP contribution in [0.15, 0.2) is 24.3 Å². The minimum absolute atomic E-state index is 0.128. The Bertz CT molecular complexity index is 525. The maximum atomic E-state index is 11.6. The number of nitrogens with zero attached hydrogens (tertiary/aromatic N) is 2. The van der Waals surface area contributed by atoms with Crippen molar-refractivity contribution in [3.8, 4) is 0 Å². The quantitative estimate of drug-likeness (QED) is 0.798. The molecule has 1 heterocycles. The third-order valence-electron chi connectivity index (χ3n) is 3.81. The number of amides is 3. The molecule has 1 aromatic carbocycles. The number of carbonyl (C=O) groups is 2. The van der Waals surface area contributed by atoms with Gasteiger partial charge in [-0.05, 0) is 24.3 Å². The molecule has 0 spiro atoms. The number of hydrogen-bond acceptors (Lipinski definition) is 4. The molecule has 7 nitrogen and oxygen atoms in total. The van der Waals surface area contributed by atoms with E-state index in [-0.39, 0.29) is 11.9 Å². The van der Waals surface area contributed by atoms with Crippen LogP contribution in [0, 0.1) is 0 Å². The van der Waals surface area contributed by atoms with Crippen molar-refractivity contribution in [2.75, 3.05) is 56.7 Å². The number of anilines is 2. The molecule has 7 heteroatoms. The molecule has 1 aromatic rings. The Balaban J connectivity index is 1.83. The van der Waals surface area contributed by atoms with Gasteiger partial charge in [0, 0.05) is 58.1 Å². The van der Waals surface area contributed by atoms with Gasteiger partial charge in [-0.3, -0.25) is 4.79 Å². The largest absolute Gasteiger partial charge is 0.383 e. The zero-order valence-electron chi connectivity index (χ0n) is 13.7. The van der Waals surface area contributed by atoms with Gasteiger partial charge >= 0.3 is 6.03 Å². The molecule has 1 saturated heterocycles. The summed E-state index contributed by atoms with van der Waals surface area (Å²) in [7, 11) is 1.59. The summed E-state index contributed by atoms with van der Waals surface area (Å²) < 4.78 is 4.88. The van der Waals surface area contributed by atoms with Crippen molar-refractivity contribution in [2.45, 2.75) is 6.92 Å². The molecule has 0 bridgehead atoms. The van der Waals surface area contributed by atoms with Gasteiger partial charge in [-0.2, -0.15) is 0 Å². The van der Waals surface area contributed by atoms with E-state index in [2.05, 4.69) is 15.5 Å². The lowest BCUT2D eigenvalue weighted by molar-refractivity contribution is -0.129. The summed E-state index contributed by atoms with van der Waals surface area (Å²) >= 11 is 0. The second-order valence-electron chi connectivity index (χ2n) is 5.41. The Kier molecular flexibility index (Phi) is 6.22. The van der Waals surface area contributed by atoms with Gasteiger partial charge in [0.05, 0.1) is 6.61 Å². The van der Waals surface area contributed by atoms with E-state index in [1.807, 2.05) is 29.2 Å². The molecule has 0 saturated carbocycles. The summed E-state index contributed by atoms with van der Waals surface area (Å²) in [5, 5.41) is 5.48. The Morgan fingerprint density at radius 3 is 2.35 bits per heavy atom. The lowest BCUT2D eigenvalue weighted by Crippen LogP contribution is -2.48. The molecular formula is C16H24N4O3. The average molecular weight is 320 g/mol. The first-order valence-corrected chi connectivity index (χ1v) is 7.74. The molecule has 0 aliphatic carbocycles. The molecule has 0 aromatic heterocycles. The number of piperazine rings is 1. The van der Waals surface area contributed by atoms with Crippen LogP contribution in [0.3, 0.4) is 0 Å². The highest BCUT2D eigenvalue weighted by atomic mass is 16.5. The Labute approximate surface area is 136 Å². The molecular weight excluding hydrogens is 296 g/mol. The predicted octanol–water partition coefficient (Wildman–Crippen LogP) is 1.12. The fourth-order valence-electron chi connectivity index (χ4n) is 2.48. The number of urea groups is 1. The molecule has 0 radical (unpaired) electrons. The number of rotatable bonds is 5. The highest BCUT2D eigenvalue weighted by Gasteiger charge is 2.18. The lowest BCUT2D eigenvalue weighted by atomic mass is 10.2. The number of hydrogen-bond donors (Lipinski definition) is 2. The van der Waals surface area contributed by atoms with E-state index in [0.29, 0.717) is 13.2 Å². The van der Waals surface area contributed by atoms with Crippen molar-refractivity contribution in [3.63, 3.8) is 0 Å². The number of nitrogens with one attached hydrogen (secondary N) is 2. The first kappa shape index (κ1) is 17.1. The standard InChI is InChI=1S/C16H24N4O3/c1-13(21)19-8-10-20(11-9-19)15-5-3-14(4-6-15)18-16(22)17-7-12-23-2/h3-6H,7-12H2,1-2H3,(H2,17,18,22). The van der Waals surface area contributed by atoms with Gasteiger partial charge < -0.3 is 25.2 Å². The average Bonchev–Trinajstić information content (AvgIpc) is 2.56. The van der Waals surface area contributed by atoms with E-state index in [1.165, 1.54) is 0 Å². The molecule has 1 fully saturated rings. The maximum absolute atomic E-state index is 11.6. The van der Waals surface area contributed by atoms with Crippen LogP contribution in [0.25, 0.3) is 0 Å². The van der Waals surface area contributed by atoms with E-state index in [4.69, 9.17) is 4.74 Å². The fraction of sp³-hybridized carbons (Fsp3) is 0.500. The summed E-state index contributed by atoms with van der Waals surface area (Å²) in [6.45, 7) is 5.70. The summed E-state index contributed by atoms with van der Waals surface area (Å²) in [5.41, 5.74) is 1.84. The molecule has 2 rings (SSSR count). The number of carbonyl (C=O) groups excluding carboxylic acids is 2. The van der Waals surface area contributed by atoms with E-state index < -0.39 is 0 Å². The minimum atomic E-state index is -0.245. The molecule has 3 amide bonds. The molecule has 1 aliphatic heterocycles.